The number of hydrogen-bond acceptors (Lipinski definition) is 2. The number of hydrogen-bond donors (Lipinski definition) is 1. The summed E-state index contributed by atoms with van der Waals surface area (Å²) in [7, 11) is 1.77. The Bertz CT molecular complexity index is 570. The van der Waals surface area contributed by atoms with Crippen molar-refractivity contribution in [2.45, 2.75) is 13.1 Å². The van der Waals surface area contributed by atoms with Crippen LogP contribution in [0.25, 0.3) is 0 Å². The number of rotatable bonds is 4. The summed E-state index contributed by atoms with van der Waals surface area (Å²) in [5.74, 6) is -0.611. The first-order valence-corrected chi connectivity index (χ1v) is 6.05. The molecule has 2 N–H and O–H groups in total. The first-order valence-electron chi connectivity index (χ1n) is 6.05. The summed E-state index contributed by atoms with van der Waals surface area (Å²) in [5, 5.41) is 0. The molecule has 0 amide bonds. The van der Waals surface area contributed by atoms with E-state index in [1.54, 1.807) is 30.1 Å². The highest BCUT2D eigenvalue weighted by Gasteiger charge is 2.12. The van der Waals surface area contributed by atoms with Crippen molar-refractivity contribution in [3.8, 4) is 0 Å². The summed E-state index contributed by atoms with van der Waals surface area (Å²) in [5.41, 5.74) is 7.61. The maximum atomic E-state index is 13.9. The molecule has 0 bridgehead atoms. The first-order chi connectivity index (χ1) is 9.11. The molecular weight excluding hydrogens is 246 g/mol. The SMILES string of the molecule is CN(Cc1cccc(F)c1)c1c(F)cccc1CN. The van der Waals surface area contributed by atoms with E-state index in [9.17, 15) is 8.78 Å². The van der Waals surface area contributed by atoms with Gasteiger partial charge in [-0.25, -0.2) is 8.78 Å². The van der Waals surface area contributed by atoms with Crippen LogP contribution in [0.3, 0.4) is 0 Å². The van der Waals surface area contributed by atoms with Crippen LogP contribution in [0, 0.1) is 11.6 Å². The molecule has 100 valence electrons. The van der Waals surface area contributed by atoms with Crippen LogP contribution in [0.15, 0.2) is 42.5 Å². The Morgan fingerprint density at radius 1 is 1.11 bits per heavy atom. The Hall–Kier alpha value is -1.94. The lowest BCUT2D eigenvalue weighted by Gasteiger charge is -2.22. The topological polar surface area (TPSA) is 29.3 Å². The highest BCUT2D eigenvalue weighted by molar-refractivity contribution is 5.54. The largest absolute Gasteiger partial charge is 0.368 e. The predicted molar refractivity (Wildman–Crippen MR) is 72.8 cm³/mol. The van der Waals surface area contributed by atoms with Crippen LogP contribution in [0.1, 0.15) is 11.1 Å². The van der Waals surface area contributed by atoms with Crippen LogP contribution < -0.4 is 10.6 Å². The van der Waals surface area contributed by atoms with Crippen molar-refractivity contribution >= 4 is 5.69 Å². The second-order valence-corrected chi connectivity index (χ2v) is 4.44. The van der Waals surface area contributed by atoms with Crippen LogP contribution in [0.2, 0.25) is 0 Å². The average Bonchev–Trinajstić information content (AvgIpc) is 2.38. The molecule has 0 fully saturated rings. The molecule has 0 spiro atoms. The normalized spacial score (nSPS) is 10.5. The standard InChI is InChI=1S/C15H16F2N2/c1-19(10-11-4-2-6-13(16)8-11)15-12(9-18)5-3-7-14(15)17/h2-8H,9-10,18H2,1H3. The van der Waals surface area contributed by atoms with Crippen molar-refractivity contribution in [3.63, 3.8) is 0 Å². The van der Waals surface area contributed by atoms with Gasteiger partial charge in [0.05, 0.1) is 5.69 Å². The van der Waals surface area contributed by atoms with Crippen LogP contribution in [-0.4, -0.2) is 7.05 Å². The van der Waals surface area contributed by atoms with E-state index in [1.807, 2.05) is 6.07 Å². The summed E-state index contributed by atoms with van der Waals surface area (Å²) >= 11 is 0. The average molecular weight is 262 g/mol. The third-order valence-corrected chi connectivity index (χ3v) is 2.98. The van der Waals surface area contributed by atoms with Gasteiger partial charge in [0.15, 0.2) is 0 Å². The van der Waals surface area contributed by atoms with E-state index in [1.165, 1.54) is 18.2 Å². The molecule has 0 saturated heterocycles. The summed E-state index contributed by atoms with van der Waals surface area (Å²) in [4.78, 5) is 1.74. The number of para-hydroxylation sites is 1. The highest BCUT2D eigenvalue weighted by Crippen LogP contribution is 2.24. The van der Waals surface area contributed by atoms with Gasteiger partial charge in [-0.05, 0) is 29.3 Å². The number of anilines is 1. The summed E-state index contributed by atoms with van der Waals surface area (Å²) in [6.45, 7) is 0.687. The summed E-state index contributed by atoms with van der Waals surface area (Å²) in [6.07, 6.45) is 0. The van der Waals surface area contributed by atoms with Gasteiger partial charge in [-0.1, -0.05) is 24.3 Å². The molecule has 0 saturated carbocycles. The Kier molecular flexibility index (Phi) is 4.12. The summed E-state index contributed by atoms with van der Waals surface area (Å²) < 4.78 is 27.0. The van der Waals surface area contributed by atoms with Gasteiger partial charge < -0.3 is 10.6 Å². The fourth-order valence-electron chi connectivity index (χ4n) is 2.14. The molecule has 2 aromatic carbocycles. The monoisotopic (exact) mass is 262 g/mol. The molecular formula is C15H16F2N2. The number of benzene rings is 2. The Labute approximate surface area is 111 Å². The minimum Gasteiger partial charge on any atom is -0.368 e. The zero-order valence-corrected chi connectivity index (χ0v) is 10.7. The lowest BCUT2D eigenvalue weighted by Crippen LogP contribution is -2.20. The third-order valence-electron chi connectivity index (χ3n) is 2.98. The minimum absolute atomic E-state index is 0.264. The molecule has 2 nitrogen and oxygen atoms in total. The maximum Gasteiger partial charge on any atom is 0.146 e. The van der Waals surface area contributed by atoms with Gasteiger partial charge >= 0.3 is 0 Å². The Balaban J connectivity index is 2.27. The smallest absolute Gasteiger partial charge is 0.146 e. The van der Waals surface area contributed by atoms with Gasteiger partial charge in [0, 0.05) is 20.1 Å². The first kappa shape index (κ1) is 13.5. The third kappa shape index (κ3) is 3.09. The maximum absolute atomic E-state index is 13.9. The highest BCUT2D eigenvalue weighted by atomic mass is 19.1. The van der Waals surface area contributed by atoms with Crippen LogP contribution in [0.5, 0.6) is 0 Å². The fourth-order valence-corrected chi connectivity index (χ4v) is 2.14. The van der Waals surface area contributed by atoms with Crippen molar-refractivity contribution in [2.75, 3.05) is 11.9 Å². The molecule has 0 aliphatic carbocycles. The molecule has 2 aromatic rings. The predicted octanol–water partition coefficient (Wildman–Crippen LogP) is 3.06. The molecule has 2 rings (SSSR count). The lowest BCUT2D eigenvalue weighted by molar-refractivity contribution is 0.617. The van der Waals surface area contributed by atoms with E-state index >= 15 is 0 Å². The molecule has 0 heterocycles. The fraction of sp³-hybridized carbons (Fsp3) is 0.200. The second-order valence-electron chi connectivity index (χ2n) is 4.44. The van der Waals surface area contributed by atoms with Crippen molar-refractivity contribution < 1.29 is 8.78 Å². The van der Waals surface area contributed by atoms with Gasteiger partial charge in [-0.3, -0.25) is 0 Å². The van der Waals surface area contributed by atoms with E-state index in [0.29, 0.717) is 12.2 Å². The van der Waals surface area contributed by atoms with Gasteiger partial charge in [-0.15, -0.1) is 0 Å². The van der Waals surface area contributed by atoms with Gasteiger partial charge in [0.25, 0.3) is 0 Å². The molecule has 4 heteroatoms. The van der Waals surface area contributed by atoms with Crippen LogP contribution in [0.4, 0.5) is 14.5 Å². The van der Waals surface area contributed by atoms with E-state index in [0.717, 1.165) is 11.1 Å². The van der Waals surface area contributed by atoms with E-state index < -0.39 is 0 Å². The van der Waals surface area contributed by atoms with Crippen molar-refractivity contribution in [1.82, 2.24) is 0 Å². The van der Waals surface area contributed by atoms with Crippen LogP contribution >= 0.6 is 0 Å². The molecule has 0 atom stereocenters. The molecule has 0 unspecified atom stereocenters. The van der Waals surface area contributed by atoms with Gasteiger partial charge in [0.1, 0.15) is 11.6 Å². The number of nitrogens with zero attached hydrogens (tertiary/aromatic N) is 1. The number of halogens is 2. The zero-order chi connectivity index (χ0) is 13.8. The zero-order valence-electron chi connectivity index (χ0n) is 10.7. The van der Waals surface area contributed by atoms with E-state index in [2.05, 4.69) is 0 Å². The van der Waals surface area contributed by atoms with E-state index in [-0.39, 0.29) is 18.2 Å². The molecule has 0 radical (unpaired) electrons. The van der Waals surface area contributed by atoms with E-state index in [4.69, 9.17) is 5.73 Å². The molecule has 19 heavy (non-hydrogen) atoms. The molecule has 0 aliphatic rings. The molecule has 0 aromatic heterocycles. The van der Waals surface area contributed by atoms with Crippen molar-refractivity contribution in [3.05, 3.63) is 65.2 Å². The minimum atomic E-state index is -0.318. The Morgan fingerprint density at radius 3 is 2.53 bits per heavy atom. The Morgan fingerprint density at radius 2 is 1.84 bits per heavy atom. The van der Waals surface area contributed by atoms with Crippen LogP contribution in [-0.2, 0) is 13.1 Å². The number of nitrogens with two attached hydrogens (primary N) is 1. The summed E-state index contributed by atoms with van der Waals surface area (Å²) in [6, 6.07) is 11.1. The quantitative estimate of drug-likeness (QED) is 0.917. The van der Waals surface area contributed by atoms with Gasteiger partial charge in [-0.2, -0.15) is 0 Å². The van der Waals surface area contributed by atoms with Crippen molar-refractivity contribution in [1.29, 1.82) is 0 Å². The van der Waals surface area contributed by atoms with Crippen molar-refractivity contribution in [2.24, 2.45) is 5.73 Å². The second kappa shape index (κ2) is 5.80. The lowest BCUT2D eigenvalue weighted by atomic mass is 10.1. The molecule has 0 aliphatic heterocycles. The van der Waals surface area contributed by atoms with Gasteiger partial charge in [0.2, 0.25) is 0 Å².